The molecule has 0 radical (unpaired) electrons. The van der Waals surface area contributed by atoms with Crippen LogP contribution in [-0.2, 0) is 0 Å². The minimum Gasteiger partial charge on any atom is -0.479 e. The van der Waals surface area contributed by atoms with E-state index in [-0.39, 0.29) is 21.5 Å². The van der Waals surface area contributed by atoms with E-state index in [9.17, 15) is 13.9 Å². The molecule has 0 atom stereocenters. The van der Waals surface area contributed by atoms with Crippen LogP contribution in [0.2, 0.25) is 0 Å². The Hall–Kier alpha value is -1.75. The molecule has 0 amide bonds. The fraction of sp³-hybridized carbons (Fsp3) is 0.0667. The van der Waals surface area contributed by atoms with Crippen LogP contribution in [0.3, 0.4) is 0 Å². The Morgan fingerprint density at radius 2 is 1.96 bits per heavy atom. The Labute approximate surface area is 157 Å². The second kappa shape index (κ2) is 6.63. The van der Waals surface area contributed by atoms with Crippen molar-refractivity contribution < 1.29 is 13.9 Å². The van der Waals surface area contributed by atoms with E-state index < -0.39 is 17.6 Å². The first-order valence-corrected chi connectivity index (χ1v) is 8.56. The molecule has 124 valence electrons. The van der Waals surface area contributed by atoms with Crippen LogP contribution in [0.25, 0.3) is 11.4 Å². The Morgan fingerprint density at radius 3 is 2.58 bits per heavy atom. The van der Waals surface area contributed by atoms with Gasteiger partial charge in [0.1, 0.15) is 0 Å². The molecule has 0 aliphatic carbocycles. The molecule has 0 bridgehead atoms. The Kier molecular flexibility index (Phi) is 4.72. The normalized spacial score (nSPS) is 10.9. The number of benzene rings is 2. The van der Waals surface area contributed by atoms with Gasteiger partial charge in [-0.1, -0.05) is 5.10 Å². The summed E-state index contributed by atoms with van der Waals surface area (Å²) in [6.45, 7) is 1.86. The van der Waals surface area contributed by atoms with Gasteiger partial charge in [0, 0.05) is 14.8 Å². The minimum absolute atomic E-state index is 0.0595. The number of aromatic amines is 1. The van der Waals surface area contributed by atoms with E-state index in [0.29, 0.717) is 5.69 Å². The van der Waals surface area contributed by atoms with Gasteiger partial charge in [0.2, 0.25) is 0 Å². The number of halogens is 4. The number of rotatable bonds is 3. The Bertz CT molecular complexity index is 932. The predicted molar refractivity (Wildman–Crippen MR) is 98.3 cm³/mol. The highest BCUT2D eigenvalue weighted by Crippen LogP contribution is 2.37. The molecule has 0 saturated carbocycles. The summed E-state index contributed by atoms with van der Waals surface area (Å²) in [5.41, 5.74) is 1.62. The molecule has 0 aliphatic rings. The first kappa shape index (κ1) is 17.1. The summed E-state index contributed by atoms with van der Waals surface area (Å²) in [4.78, 5) is 2.50. The van der Waals surface area contributed by atoms with Gasteiger partial charge in [0.05, 0.1) is 10.2 Å². The molecule has 0 saturated heterocycles. The highest BCUT2D eigenvalue weighted by Gasteiger charge is 2.21. The van der Waals surface area contributed by atoms with Crippen LogP contribution < -0.4 is 5.32 Å². The predicted octanol–water partition coefficient (Wildman–Crippen LogP) is 4.87. The Balaban J connectivity index is 2.16. The van der Waals surface area contributed by atoms with Gasteiger partial charge in [0.25, 0.3) is 0 Å². The zero-order valence-corrected chi connectivity index (χ0v) is 15.9. The second-order valence-electron chi connectivity index (χ2n) is 4.99. The SMILES string of the molecule is Cc1cc(I)ccc1Nc1c(-c2nnc(O)[nH]2)cc(Br)c(F)c1F. The third kappa shape index (κ3) is 3.22. The van der Waals surface area contributed by atoms with Gasteiger partial charge >= 0.3 is 6.01 Å². The van der Waals surface area contributed by atoms with Crippen molar-refractivity contribution in [1.29, 1.82) is 0 Å². The number of aromatic hydroxyl groups is 1. The van der Waals surface area contributed by atoms with Gasteiger partial charge in [-0.25, -0.2) is 8.78 Å². The van der Waals surface area contributed by atoms with Gasteiger partial charge in [-0.3, -0.25) is 4.98 Å². The van der Waals surface area contributed by atoms with E-state index in [2.05, 4.69) is 59.0 Å². The molecule has 3 rings (SSSR count). The molecule has 2 aromatic carbocycles. The van der Waals surface area contributed by atoms with Gasteiger partial charge in [-0.2, -0.15) is 0 Å². The van der Waals surface area contributed by atoms with Gasteiger partial charge in [-0.05, 0) is 75.3 Å². The quantitative estimate of drug-likeness (QED) is 0.350. The minimum atomic E-state index is -1.06. The van der Waals surface area contributed by atoms with Crippen molar-refractivity contribution in [2.45, 2.75) is 6.92 Å². The van der Waals surface area contributed by atoms with Crippen LogP contribution >= 0.6 is 38.5 Å². The van der Waals surface area contributed by atoms with Crippen LogP contribution in [0, 0.1) is 22.1 Å². The highest BCUT2D eigenvalue weighted by atomic mass is 127. The van der Waals surface area contributed by atoms with Crippen LogP contribution in [0.4, 0.5) is 20.2 Å². The maximum absolute atomic E-state index is 14.5. The van der Waals surface area contributed by atoms with Crippen LogP contribution in [0.1, 0.15) is 5.56 Å². The first-order valence-electron chi connectivity index (χ1n) is 6.69. The molecule has 0 spiro atoms. The molecule has 3 N–H and O–H groups in total. The summed E-state index contributed by atoms with van der Waals surface area (Å²) in [5.74, 6) is -1.97. The van der Waals surface area contributed by atoms with Crippen molar-refractivity contribution in [2.75, 3.05) is 5.32 Å². The molecule has 5 nitrogen and oxygen atoms in total. The van der Waals surface area contributed by atoms with E-state index in [1.165, 1.54) is 6.07 Å². The number of aryl methyl sites for hydroxylation is 1. The van der Waals surface area contributed by atoms with Crippen molar-refractivity contribution in [3.8, 4) is 17.4 Å². The van der Waals surface area contributed by atoms with Gasteiger partial charge in [0.15, 0.2) is 17.5 Å². The van der Waals surface area contributed by atoms with Crippen molar-refractivity contribution in [3.05, 3.63) is 49.5 Å². The number of nitrogens with one attached hydrogen (secondary N) is 2. The summed E-state index contributed by atoms with van der Waals surface area (Å²) >= 11 is 5.15. The van der Waals surface area contributed by atoms with Crippen LogP contribution in [0.5, 0.6) is 6.01 Å². The van der Waals surface area contributed by atoms with E-state index in [4.69, 9.17) is 0 Å². The lowest BCUT2D eigenvalue weighted by atomic mass is 10.1. The first-order chi connectivity index (χ1) is 11.4. The maximum Gasteiger partial charge on any atom is 0.311 e. The van der Waals surface area contributed by atoms with Gasteiger partial charge in [-0.15, -0.1) is 5.10 Å². The molecular weight excluding hydrogens is 497 g/mol. The monoisotopic (exact) mass is 506 g/mol. The van der Waals surface area contributed by atoms with Gasteiger partial charge < -0.3 is 10.4 Å². The van der Waals surface area contributed by atoms with E-state index in [0.717, 1.165) is 9.13 Å². The molecular formula is C15H10BrF2IN4O. The maximum atomic E-state index is 14.5. The van der Waals surface area contributed by atoms with E-state index in [1.54, 1.807) is 6.07 Å². The number of anilines is 2. The molecule has 3 aromatic rings. The lowest BCUT2D eigenvalue weighted by molar-refractivity contribution is 0.433. The van der Waals surface area contributed by atoms with Crippen molar-refractivity contribution >= 4 is 49.9 Å². The smallest absolute Gasteiger partial charge is 0.311 e. The number of hydrogen-bond donors (Lipinski definition) is 3. The molecule has 9 heteroatoms. The average Bonchev–Trinajstić information content (AvgIpc) is 2.96. The van der Waals surface area contributed by atoms with Crippen LogP contribution in [0.15, 0.2) is 28.7 Å². The van der Waals surface area contributed by atoms with E-state index >= 15 is 0 Å². The molecule has 24 heavy (non-hydrogen) atoms. The third-order valence-electron chi connectivity index (χ3n) is 3.34. The lowest BCUT2D eigenvalue weighted by Crippen LogP contribution is -2.02. The second-order valence-corrected chi connectivity index (χ2v) is 7.09. The highest BCUT2D eigenvalue weighted by molar-refractivity contribution is 14.1. The number of hydrogen-bond acceptors (Lipinski definition) is 4. The van der Waals surface area contributed by atoms with Crippen molar-refractivity contribution in [2.24, 2.45) is 0 Å². The summed E-state index contributed by atoms with van der Waals surface area (Å²) in [7, 11) is 0. The summed E-state index contributed by atoms with van der Waals surface area (Å²) in [6, 6.07) is 6.49. The molecule has 0 fully saturated rings. The summed E-state index contributed by atoms with van der Waals surface area (Å²) < 4.78 is 29.5. The lowest BCUT2D eigenvalue weighted by Gasteiger charge is -2.15. The number of nitrogens with zero attached hydrogens (tertiary/aromatic N) is 2. The fourth-order valence-electron chi connectivity index (χ4n) is 2.18. The molecule has 0 unspecified atom stereocenters. The average molecular weight is 507 g/mol. The molecule has 0 aliphatic heterocycles. The fourth-order valence-corrected chi connectivity index (χ4v) is 3.23. The molecule has 1 aromatic heterocycles. The van der Waals surface area contributed by atoms with E-state index in [1.807, 2.05) is 19.1 Å². The number of H-pyrrole nitrogens is 1. The zero-order valence-electron chi connectivity index (χ0n) is 12.2. The third-order valence-corrected chi connectivity index (χ3v) is 4.59. The standard InChI is InChI=1S/C15H10BrF2IN4O/c1-6-4-7(19)2-3-10(6)20-13-8(14-21-15(24)23-22-14)5-9(16)11(17)12(13)18/h2-5,20H,1H3,(H2,21,22,23,24). The molecule has 1 heterocycles. The summed E-state index contributed by atoms with van der Waals surface area (Å²) in [5, 5.41) is 19.4. The number of aromatic nitrogens is 3. The largest absolute Gasteiger partial charge is 0.479 e. The zero-order chi connectivity index (χ0) is 17.4. The Morgan fingerprint density at radius 1 is 1.21 bits per heavy atom. The van der Waals surface area contributed by atoms with Crippen molar-refractivity contribution in [3.63, 3.8) is 0 Å². The van der Waals surface area contributed by atoms with Crippen LogP contribution in [-0.4, -0.2) is 20.3 Å². The van der Waals surface area contributed by atoms with Crippen molar-refractivity contribution in [1.82, 2.24) is 15.2 Å². The summed E-state index contributed by atoms with van der Waals surface area (Å²) in [6.07, 6.45) is 0. The topological polar surface area (TPSA) is 73.8 Å².